The van der Waals surface area contributed by atoms with Gasteiger partial charge in [0, 0.05) is 27.4 Å². The standard InChI is InChI=1S/C42H32ClN9O15S5/c1-22-17-32(33(67-15-6-16-69(55,56)57)21-31(22)47-50-42-44-37-34(68-42)9-5-10-35(37)71(61,62)63)48-45-29-13-12-28-27(39(29)53)11-14-30(40(28)72(64,65)66)46-49-38-36(23-7-3-2-4-8-23)51-52(41(38)54)25-18-24(43)19-26(20-25)70(58,59)60/h2-5,7-14,17-21,51,53H,6,15-16H2,1H3,(H,55,56,57)(H,58,59,60)(H,61,62,63)(H,64,65,66). The summed E-state index contributed by atoms with van der Waals surface area (Å²) in [6, 6.07) is 22.9. The summed E-state index contributed by atoms with van der Waals surface area (Å²) in [6.45, 7) is 1.35. The van der Waals surface area contributed by atoms with Gasteiger partial charge in [-0.15, -0.1) is 30.7 Å². The number of H-pyrrole nitrogens is 1. The number of azo groups is 3. The molecule has 8 rings (SSSR count). The molecule has 0 spiro atoms. The summed E-state index contributed by atoms with van der Waals surface area (Å²) < 4.78 is 143. The van der Waals surface area contributed by atoms with Crippen molar-refractivity contribution in [3.05, 3.63) is 124 Å². The summed E-state index contributed by atoms with van der Waals surface area (Å²) in [7, 11) is -18.9. The molecule has 72 heavy (non-hydrogen) atoms. The van der Waals surface area contributed by atoms with Crippen LogP contribution in [-0.2, 0) is 40.5 Å². The number of aromatic amines is 1. The third kappa shape index (κ3) is 11.3. The number of aromatic nitrogens is 3. The van der Waals surface area contributed by atoms with Gasteiger partial charge in [0.1, 0.15) is 38.1 Å². The Labute approximate surface area is 415 Å². The van der Waals surface area contributed by atoms with E-state index in [1.807, 2.05) is 0 Å². The van der Waals surface area contributed by atoms with Crippen LogP contribution in [-0.4, -0.2) is 84.1 Å². The van der Waals surface area contributed by atoms with Crippen molar-refractivity contribution in [3.63, 3.8) is 0 Å². The molecular weight excluding hydrogens is 1070 g/mol. The number of nitrogens with zero attached hydrogens (tertiary/aromatic N) is 8. The van der Waals surface area contributed by atoms with Gasteiger partial charge in [-0.25, -0.2) is 9.67 Å². The molecule has 6 N–H and O–H groups in total. The largest absolute Gasteiger partial charge is 0.505 e. The first-order chi connectivity index (χ1) is 33.9. The third-order valence-corrected chi connectivity index (χ3v) is 14.8. The average molecular weight is 1100 g/mol. The van der Waals surface area contributed by atoms with E-state index in [0.717, 1.165) is 40.3 Å². The van der Waals surface area contributed by atoms with Crippen LogP contribution in [0, 0.1) is 6.92 Å². The summed E-state index contributed by atoms with van der Waals surface area (Å²) in [5.41, 5.74) is -1.18. The van der Waals surface area contributed by atoms with E-state index in [4.69, 9.17) is 16.3 Å². The third-order valence-electron chi connectivity index (χ3n) is 10.2. The molecule has 6 aromatic carbocycles. The summed E-state index contributed by atoms with van der Waals surface area (Å²) in [5.74, 6) is -1.30. The number of halogens is 1. The van der Waals surface area contributed by atoms with Gasteiger partial charge < -0.3 is 9.84 Å². The molecule has 0 bridgehead atoms. The second-order valence-electron chi connectivity index (χ2n) is 15.1. The minimum absolute atomic E-state index is 0.0119. The predicted octanol–water partition coefficient (Wildman–Crippen LogP) is 9.91. The lowest BCUT2D eigenvalue weighted by molar-refractivity contribution is 0.317. The number of benzene rings is 6. The molecule has 0 saturated carbocycles. The SMILES string of the molecule is Cc1cc(N=Nc2ccc3c(S(=O)(=O)O)c(N=Nc4c(-c5ccccc5)[nH]n(-c5cc(Cl)cc(S(=O)(=O)O)c5)c4=O)ccc3c2O)c(OCCCS(=O)(=O)O)cc1N=Nc1nc2c(S(=O)(=O)O)cccc2s1. The van der Waals surface area contributed by atoms with E-state index < -0.39 is 83.6 Å². The number of aryl methyl sites for hydroxylation is 1. The number of hydrogen-bond acceptors (Lipinski definition) is 19. The van der Waals surface area contributed by atoms with Crippen molar-refractivity contribution in [1.82, 2.24) is 14.8 Å². The van der Waals surface area contributed by atoms with E-state index in [1.54, 1.807) is 43.3 Å². The monoisotopic (exact) mass is 1100 g/mol. The number of nitrogens with one attached hydrogen (secondary N) is 1. The van der Waals surface area contributed by atoms with Crippen LogP contribution < -0.4 is 10.3 Å². The molecular formula is C42H32ClN9O15S5. The average Bonchev–Trinajstić information content (AvgIpc) is 3.88. The molecule has 24 nitrogen and oxygen atoms in total. The van der Waals surface area contributed by atoms with Crippen molar-refractivity contribution in [1.29, 1.82) is 0 Å². The van der Waals surface area contributed by atoms with Gasteiger partial charge in [-0.05, 0) is 73.5 Å². The summed E-state index contributed by atoms with van der Waals surface area (Å²) in [5, 5.41) is 38.5. The first-order valence-electron chi connectivity index (χ1n) is 20.2. The molecule has 8 aromatic rings. The van der Waals surface area contributed by atoms with Crippen molar-refractivity contribution < 1.29 is 61.7 Å². The van der Waals surface area contributed by atoms with Crippen molar-refractivity contribution in [2.24, 2.45) is 30.7 Å². The molecule has 30 heteroatoms. The predicted molar refractivity (Wildman–Crippen MR) is 262 cm³/mol. The highest BCUT2D eigenvalue weighted by atomic mass is 35.5. The maximum Gasteiger partial charge on any atom is 0.299 e. The summed E-state index contributed by atoms with van der Waals surface area (Å²) in [4.78, 5) is 16.2. The van der Waals surface area contributed by atoms with E-state index in [-0.39, 0.29) is 73.7 Å². The van der Waals surface area contributed by atoms with Crippen LogP contribution in [0.25, 0.3) is 37.9 Å². The highest BCUT2D eigenvalue weighted by Gasteiger charge is 2.25. The van der Waals surface area contributed by atoms with Crippen LogP contribution in [0.3, 0.4) is 0 Å². The smallest absolute Gasteiger partial charge is 0.299 e. The van der Waals surface area contributed by atoms with Crippen LogP contribution in [0.5, 0.6) is 11.5 Å². The second-order valence-corrected chi connectivity index (χ2v) is 22.3. The number of phenols is 1. The van der Waals surface area contributed by atoms with E-state index in [0.29, 0.717) is 15.8 Å². The second kappa shape index (κ2) is 19.8. The maximum absolute atomic E-state index is 13.9. The lowest BCUT2D eigenvalue weighted by atomic mass is 10.1. The molecule has 372 valence electrons. The van der Waals surface area contributed by atoms with Crippen LogP contribution in [0.15, 0.2) is 153 Å². The molecule has 0 unspecified atom stereocenters. The Balaban J connectivity index is 1.15. The zero-order chi connectivity index (χ0) is 51.9. The number of fused-ring (bicyclic) bond motifs is 2. The Kier molecular flexibility index (Phi) is 14.1. The molecule has 0 saturated heterocycles. The van der Waals surface area contributed by atoms with Gasteiger partial charge in [-0.1, -0.05) is 65.4 Å². The molecule has 0 aliphatic heterocycles. The van der Waals surface area contributed by atoms with Gasteiger partial charge in [0.2, 0.25) is 5.13 Å². The van der Waals surface area contributed by atoms with E-state index >= 15 is 0 Å². The van der Waals surface area contributed by atoms with Crippen molar-refractivity contribution >= 4 is 118 Å². The highest BCUT2D eigenvalue weighted by molar-refractivity contribution is 7.86. The Morgan fingerprint density at radius 1 is 0.708 bits per heavy atom. The molecule has 0 aliphatic carbocycles. The number of para-hydroxylation sites is 1. The Bertz CT molecular complexity index is 4130. The molecule has 2 aromatic heterocycles. The lowest BCUT2D eigenvalue weighted by Crippen LogP contribution is -2.14. The molecule has 0 amide bonds. The summed E-state index contributed by atoms with van der Waals surface area (Å²) in [6.07, 6.45) is -0.161. The zero-order valence-electron chi connectivity index (χ0n) is 36.3. The Hall–Kier alpha value is -7.19. The number of rotatable bonds is 16. The van der Waals surface area contributed by atoms with Gasteiger partial charge in [0.05, 0.1) is 39.0 Å². The number of phenolic OH excluding ortho intramolecular Hbond substituents is 1. The molecule has 0 fully saturated rings. The Morgan fingerprint density at radius 2 is 1.39 bits per heavy atom. The van der Waals surface area contributed by atoms with Crippen molar-refractivity contribution in [2.45, 2.75) is 28.0 Å². The maximum atomic E-state index is 13.9. The fourth-order valence-corrected chi connectivity index (χ4v) is 10.6. The first-order valence-corrected chi connectivity index (χ1v) is 27.3. The molecule has 2 heterocycles. The topological polar surface area (TPSA) is 372 Å². The van der Waals surface area contributed by atoms with E-state index in [9.17, 15) is 61.8 Å². The number of aromatic hydroxyl groups is 1. The normalized spacial score (nSPS) is 12.9. The highest BCUT2D eigenvalue weighted by Crippen LogP contribution is 2.44. The summed E-state index contributed by atoms with van der Waals surface area (Å²) >= 11 is 7.11. The zero-order valence-corrected chi connectivity index (χ0v) is 41.1. The first kappa shape index (κ1) is 51.2. The number of ether oxygens (including phenoxy) is 1. The minimum Gasteiger partial charge on any atom is -0.505 e. The van der Waals surface area contributed by atoms with Crippen LogP contribution in [0.2, 0.25) is 5.02 Å². The Morgan fingerprint density at radius 3 is 2.08 bits per heavy atom. The minimum atomic E-state index is -5.18. The van der Waals surface area contributed by atoms with Crippen LogP contribution in [0.4, 0.5) is 33.6 Å². The van der Waals surface area contributed by atoms with Crippen molar-refractivity contribution in [2.75, 3.05) is 12.4 Å². The van der Waals surface area contributed by atoms with Gasteiger partial charge in [-0.3, -0.25) is 28.1 Å². The number of thiazole rings is 1. The van der Waals surface area contributed by atoms with Gasteiger partial charge in [-0.2, -0.15) is 33.7 Å². The van der Waals surface area contributed by atoms with Gasteiger partial charge in [0.15, 0.2) is 11.4 Å². The van der Waals surface area contributed by atoms with Gasteiger partial charge in [0.25, 0.3) is 46.0 Å². The van der Waals surface area contributed by atoms with Crippen LogP contribution >= 0.6 is 22.9 Å². The van der Waals surface area contributed by atoms with E-state index in [1.165, 1.54) is 42.5 Å². The lowest BCUT2D eigenvalue weighted by Gasteiger charge is -2.11. The van der Waals surface area contributed by atoms with Crippen LogP contribution in [0.1, 0.15) is 12.0 Å². The fourth-order valence-electron chi connectivity index (χ4n) is 6.96. The van der Waals surface area contributed by atoms with E-state index in [2.05, 4.69) is 40.8 Å². The fraction of sp³-hybridized carbons (Fsp3) is 0.0952. The molecule has 0 aliphatic rings. The van der Waals surface area contributed by atoms with Gasteiger partial charge >= 0.3 is 0 Å². The number of hydrogen-bond donors (Lipinski definition) is 6. The van der Waals surface area contributed by atoms with Crippen molar-refractivity contribution in [3.8, 4) is 28.4 Å². The quantitative estimate of drug-likeness (QED) is 0.0297. The molecule has 0 radical (unpaired) electrons. The molecule has 0 atom stereocenters.